The number of benzene rings is 3. The van der Waals surface area contributed by atoms with Crippen LogP contribution in [0.2, 0.25) is 0 Å². The van der Waals surface area contributed by atoms with E-state index >= 15 is 4.39 Å². The van der Waals surface area contributed by atoms with Crippen LogP contribution in [0.3, 0.4) is 0 Å². The molecule has 1 saturated heterocycles. The van der Waals surface area contributed by atoms with E-state index < -0.39 is 23.5 Å². The van der Waals surface area contributed by atoms with Crippen molar-refractivity contribution in [1.82, 2.24) is 20.1 Å². The van der Waals surface area contributed by atoms with Gasteiger partial charge in [0.05, 0.1) is 19.2 Å². The van der Waals surface area contributed by atoms with Gasteiger partial charge in [-0.25, -0.2) is 8.78 Å². The molecule has 0 aliphatic carbocycles. The highest BCUT2D eigenvalue weighted by atomic mass is 19.1. The Morgan fingerprint density at radius 2 is 1.77 bits per heavy atom. The molecular weight excluding hydrogens is 608 g/mol. The fourth-order valence-electron chi connectivity index (χ4n) is 5.40. The lowest BCUT2D eigenvalue weighted by Crippen LogP contribution is -2.31. The van der Waals surface area contributed by atoms with Gasteiger partial charge in [0.25, 0.3) is 0 Å². The molecule has 0 radical (unpaired) electrons. The van der Waals surface area contributed by atoms with E-state index in [1.165, 1.54) is 55.7 Å². The number of anilines is 1. The van der Waals surface area contributed by atoms with Crippen LogP contribution in [0.4, 0.5) is 14.5 Å². The second-order valence-corrected chi connectivity index (χ2v) is 11.3. The molecule has 1 atom stereocenters. The number of aromatic nitrogens is 3. The Kier molecular flexibility index (Phi) is 9.86. The lowest BCUT2D eigenvalue weighted by molar-refractivity contribution is -0.117. The van der Waals surface area contributed by atoms with Crippen LogP contribution in [0.15, 0.2) is 71.3 Å². The molecule has 0 saturated carbocycles. The van der Waals surface area contributed by atoms with Gasteiger partial charge in [-0.3, -0.25) is 9.78 Å². The number of carbonyl (C=O) groups excluding carboxylic acids is 1. The lowest BCUT2D eigenvalue weighted by Gasteiger charge is -2.26. The average Bonchev–Trinajstić information content (AvgIpc) is 3.58. The maximum Gasteiger partial charge on any atom is 0.247 e. The number of methoxy groups -OCH3 is 1. The number of rotatable bonds is 12. The Morgan fingerprint density at radius 1 is 0.957 bits per heavy atom. The van der Waals surface area contributed by atoms with Crippen molar-refractivity contribution in [1.29, 1.82) is 0 Å². The van der Waals surface area contributed by atoms with Crippen LogP contribution in [0.1, 0.15) is 44.4 Å². The number of amides is 1. The van der Waals surface area contributed by atoms with Crippen molar-refractivity contribution >= 4 is 22.5 Å². The van der Waals surface area contributed by atoms with Gasteiger partial charge in [-0.15, -0.1) is 10.2 Å². The summed E-state index contributed by atoms with van der Waals surface area (Å²) in [6.45, 7) is 5.42. The number of likely N-dealkylation sites (tertiary alicyclic amines) is 1. The van der Waals surface area contributed by atoms with Crippen LogP contribution in [-0.2, 0) is 4.79 Å². The Morgan fingerprint density at radius 3 is 2.53 bits per heavy atom. The largest absolute Gasteiger partial charge is 0.493 e. The smallest absolute Gasteiger partial charge is 0.247 e. The topological polar surface area (TPSA) is 112 Å². The zero-order valence-corrected chi connectivity index (χ0v) is 26.2. The molecule has 1 N–H and O–H groups in total. The van der Waals surface area contributed by atoms with Crippen molar-refractivity contribution < 1.29 is 32.2 Å². The van der Waals surface area contributed by atoms with Gasteiger partial charge in [-0.05, 0) is 87.8 Å². The first-order chi connectivity index (χ1) is 22.9. The second-order valence-electron chi connectivity index (χ2n) is 11.3. The Labute approximate surface area is 270 Å². The molecular formula is C35H35F2N5O5. The molecule has 0 spiro atoms. The van der Waals surface area contributed by atoms with Gasteiger partial charge >= 0.3 is 0 Å². The van der Waals surface area contributed by atoms with Crippen molar-refractivity contribution in [3.8, 4) is 34.5 Å². The van der Waals surface area contributed by atoms with Crippen LogP contribution in [0, 0.1) is 11.6 Å². The molecule has 5 aromatic rings. The van der Waals surface area contributed by atoms with Gasteiger partial charge in [0.1, 0.15) is 17.5 Å². The van der Waals surface area contributed by atoms with Gasteiger partial charge in [-0.1, -0.05) is 6.42 Å². The summed E-state index contributed by atoms with van der Waals surface area (Å²) >= 11 is 0. The number of nitrogens with one attached hydrogen (secondary N) is 1. The number of carbonyl (C=O) groups is 1. The summed E-state index contributed by atoms with van der Waals surface area (Å²) in [5.41, 5.74) is 1.34. The van der Waals surface area contributed by atoms with Crippen molar-refractivity contribution in [2.24, 2.45) is 0 Å². The summed E-state index contributed by atoms with van der Waals surface area (Å²) in [4.78, 5) is 19.8. The SMILES string of the molecule is COc1cc2c(Oc3ccc(NC(=O)C(C)c4nnc(-c5ccc(F)cc5)o4)cc3F)ccnc2cc1OCCCN1CCCCC1. The Hall–Kier alpha value is -5.10. The molecule has 1 fully saturated rings. The maximum absolute atomic E-state index is 15.2. The monoisotopic (exact) mass is 643 g/mol. The van der Waals surface area contributed by atoms with E-state index in [-0.39, 0.29) is 23.2 Å². The molecule has 244 valence electrons. The fourth-order valence-corrected chi connectivity index (χ4v) is 5.40. The molecule has 2 aromatic heterocycles. The van der Waals surface area contributed by atoms with Crippen molar-refractivity contribution in [2.45, 2.75) is 38.5 Å². The van der Waals surface area contributed by atoms with Gasteiger partial charge in [0, 0.05) is 41.5 Å². The molecule has 1 unspecified atom stereocenters. The third-order valence-corrected chi connectivity index (χ3v) is 8.03. The molecule has 47 heavy (non-hydrogen) atoms. The Balaban J connectivity index is 1.10. The first-order valence-electron chi connectivity index (χ1n) is 15.6. The molecule has 1 amide bonds. The number of nitrogens with zero attached hydrogens (tertiary/aromatic N) is 4. The second kappa shape index (κ2) is 14.5. The van der Waals surface area contributed by atoms with E-state index in [1.54, 1.807) is 38.4 Å². The molecule has 12 heteroatoms. The predicted octanol–water partition coefficient (Wildman–Crippen LogP) is 7.36. The molecule has 3 aromatic carbocycles. The van der Waals surface area contributed by atoms with E-state index in [4.69, 9.17) is 18.6 Å². The molecule has 10 nitrogen and oxygen atoms in total. The third-order valence-electron chi connectivity index (χ3n) is 8.03. The first kappa shape index (κ1) is 31.9. The van der Waals surface area contributed by atoms with Crippen LogP contribution in [-0.4, -0.2) is 59.3 Å². The van der Waals surface area contributed by atoms with Crippen molar-refractivity contribution in [3.05, 3.63) is 84.4 Å². The summed E-state index contributed by atoms with van der Waals surface area (Å²) in [5.74, 6) is -0.744. The fraction of sp³-hybridized carbons (Fsp3) is 0.314. The number of fused-ring (bicyclic) bond motifs is 1. The lowest BCUT2D eigenvalue weighted by atomic mass is 10.1. The highest BCUT2D eigenvalue weighted by Crippen LogP contribution is 2.38. The summed E-state index contributed by atoms with van der Waals surface area (Å²) in [7, 11) is 1.56. The third kappa shape index (κ3) is 7.66. The van der Waals surface area contributed by atoms with E-state index in [0.717, 1.165) is 32.1 Å². The van der Waals surface area contributed by atoms with Gasteiger partial charge < -0.3 is 28.8 Å². The number of pyridine rings is 1. The normalized spacial score (nSPS) is 14.1. The van der Waals surface area contributed by atoms with E-state index in [9.17, 15) is 9.18 Å². The standard InChI is InChI=1S/C35H35F2N5O5/c1-22(34-40-41-35(47-34)23-7-9-24(36)10-8-23)33(43)39-25-11-12-30(27(37)19-25)46-29-13-14-38-28-21-32(31(44-2)20-26(28)29)45-18-6-17-42-15-4-3-5-16-42/h7-14,19-22H,3-6,15-18H2,1-2H3,(H,39,43). The predicted molar refractivity (Wildman–Crippen MR) is 172 cm³/mol. The Bertz CT molecular complexity index is 1840. The zero-order chi connectivity index (χ0) is 32.8. The number of hydrogen-bond donors (Lipinski definition) is 1. The van der Waals surface area contributed by atoms with Gasteiger partial charge in [0.2, 0.25) is 17.7 Å². The van der Waals surface area contributed by atoms with Crippen LogP contribution < -0.4 is 19.5 Å². The van der Waals surface area contributed by atoms with Crippen LogP contribution in [0.5, 0.6) is 23.0 Å². The van der Waals surface area contributed by atoms with E-state index in [0.29, 0.717) is 40.3 Å². The number of hydrogen-bond acceptors (Lipinski definition) is 9. The quantitative estimate of drug-likeness (QED) is 0.139. The van der Waals surface area contributed by atoms with Gasteiger partial charge in [0.15, 0.2) is 23.1 Å². The molecule has 3 heterocycles. The van der Waals surface area contributed by atoms with Crippen LogP contribution >= 0.6 is 0 Å². The first-order valence-corrected chi connectivity index (χ1v) is 15.6. The molecule has 1 aliphatic rings. The minimum atomic E-state index is -0.836. The zero-order valence-electron chi connectivity index (χ0n) is 26.2. The van der Waals surface area contributed by atoms with E-state index in [1.807, 2.05) is 0 Å². The minimum Gasteiger partial charge on any atom is -0.493 e. The van der Waals surface area contributed by atoms with Crippen molar-refractivity contribution in [2.75, 3.05) is 38.7 Å². The summed E-state index contributed by atoms with van der Waals surface area (Å²) in [6, 6.07) is 14.9. The minimum absolute atomic E-state index is 0.0404. The number of halogens is 2. The summed E-state index contributed by atoms with van der Waals surface area (Å²) in [5, 5.41) is 11.2. The van der Waals surface area contributed by atoms with E-state index in [2.05, 4.69) is 25.4 Å². The highest BCUT2D eigenvalue weighted by molar-refractivity contribution is 5.95. The number of ether oxygens (including phenoxy) is 3. The molecule has 0 bridgehead atoms. The summed E-state index contributed by atoms with van der Waals surface area (Å²) in [6.07, 6.45) is 6.30. The molecule has 6 rings (SSSR count). The van der Waals surface area contributed by atoms with Crippen LogP contribution in [0.25, 0.3) is 22.4 Å². The summed E-state index contributed by atoms with van der Waals surface area (Å²) < 4.78 is 51.7. The number of piperidine rings is 1. The maximum atomic E-state index is 15.2. The highest BCUT2D eigenvalue weighted by Gasteiger charge is 2.23. The van der Waals surface area contributed by atoms with Crippen molar-refractivity contribution in [3.63, 3.8) is 0 Å². The average molecular weight is 644 g/mol. The molecule has 1 aliphatic heterocycles. The van der Waals surface area contributed by atoms with Gasteiger partial charge in [-0.2, -0.15) is 0 Å².